The Labute approximate surface area is 214 Å². The average Bonchev–Trinajstić information content (AvgIpc) is 3.80. The fraction of sp³-hybridized carbons (Fsp3) is 0.444. The molecule has 0 radical (unpaired) electrons. The lowest BCUT2D eigenvalue weighted by Crippen LogP contribution is -2.50. The fourth-order valence-electron chi connectivity index (χ4n) is 5.17. The molecule has 2 aliphatic rings. The summed E-state index contributed by atoms with van der Waals surface area (Å²) < 4.78 is 17.4. The van der Waals surface area contributed by atoms with E-state index >= 15 is 4.39 Å². The molecule has 37 heavy (non-hydrogen) atoms. The van der Waals surface area contributed by atoms with Crippen molar-refractivity contribution in [2.75, 3.05) is 5.32 Å². The van der Waals surface area contributed by atoms with Gasteiger partial charge in [0.1, 0.15) is 17.6 Å². The van der Waals surface area contributed by atoms with Crippen LogP contribution in [0, 0.1) is 42.8 Å². The molecule has 2 aliphatic carbocycles. The van der Waals surface area contributed by atoms with Gasteiger partial charge in [-0.15, -0.1) is 0 Å². The molecule has 10 heteroatoms. The predicted molar refractivity (Wildman–Crippen MR) is 135 cm³/mol. The Morgan fingerprint density at radius 3 is 2.49 bits per heavy atom. The van der Waals surface area contributed by atoms with Crippen molar-refractivity contribution in [3.63, 3.8) is 0 Å². The molecular formula is C27H31FN6O3. The van der Waals surface area contributed by atoms with E-state index in [1.54, 1.807) is 36.9 Å². The van der Waals surface area contributed by atoms with Gasteiger partial charge in [0.25, 0.3) is 5.91 Å². The van der Waals surface area contributed by atoms with E-state index in [0.717, 1.165) is 25.7 Å². The summed E-state index contributed by atoms with van der Waals surface area (Å²) in [6, 6.07) is 5.61. The number of rotatable bonds is 9. The summed E-state index contributed by atoms with van der Waals surface area (Å²) in [6.07, 6.45) is 7.12. The van der Waals surface area contributed by atoms with Crippen molar-refractivity contribution in [2.45, 2.75) is 59.0 Å². The molecule has 2 fully saturated rings. The molecule has 5 rings (SSSR count). The van der Waals surface area contributed by atoms with E-state index in [1.807, 2.05) is 6.92 Å². The van der Waals surface area contributed by atoms with Crippen LogP contribution < -0.4 is 15.4 Å². The quantitative estimate of drug-likeness (QED) is 0.262. The number of aromatic nitrogens is 4. The number of aryl methyl sites for hydroxylation is 2. The van der Waals surface area contributed by atoms with Gasteiger partial charge in [0.15, 0.2) is 11.9 Å². The summed E-state index contributed by atoms with van der Waals surface area (Å²) in [5.41, 5.74) is 2.06. The van der Waals surface area contributed by atoms with Gasteiger partial charge in [0.2, 0.25) is 11.9 Å². The minimum atomic E-state index is -0.792. The number of hydrogen-bond donors (Lipinski definition) is 2. The number of nitrogens with one attached hydrogen (secondary N) is 2. The summed E-state index contributed by atoms with van der Waals surface area (Å²) in [4.78, 5) is 30.6. The first-order valence-electron chi connectivity index (χ1n) is 12.8. The third-order valence-corrected chi connectivity index (χ3v) is 7.34. The standard InChI is InChI=1S/C27H31FN6O3/c1-4-33-21(11-12-29-33)26(35)32-24(23(17-5-6-17)18-7-8-18)27(36)31-22-10-9-19(25(28)30-22)20-13-15(2)14-34(37)16(20)3/h9-14,17-18,23-24H,4-8H2,1-3H3,(H,32,35)(H,30,31,36)/t24-/m0/s1. The predicted octanol–water partition coefficient (Wildman–Crippen LogP) is 3.53. The molecule has 1 atom stereocenters. The number of amides is 2. The molecule has 3 aromatic rings. The summed E-state index contributed by atoms with van der Waals surface area (Å²) in [7, 11) is 0. The molecule has 2 N–H and O–H groups in total. The molecule has 194 valence electrons. The summed E-state index contributed by atoms with van der Waals surface area (Å²) in [5.74, 6) is -0.725. The van der Waals surface area contributed by atoms with E-state index in [2.05, 4.69) is 20.7 Å². The Kier molecular flexibility index (Phi) is 6.66. The minimum absolute atomic E-state index is 0.0218. The Morgan fingerprint density at radius 1 is 1.16 bits per heavy atom. The molecular weight excluding hydrogens is 475 g/mol. The van der Waals surface area contributed by atoms with Crippen molar-refractivity contribution in [2.24, 2.45) is 17.8 Å². The van der Waals surface area contributed by atoms with Gasteiger partial charge in [0.05, 0.1) is 5.56 Å². The van der Waals surface area contributed by atoms with Crippen molar-refractivity contribution in [1.29, 1.82) is 0 Å². The zero-order valence-electron chi connectivity index (χ0n) is 21.2. The Balaban J connectivity index is 1.39. The van der Waals surface area contributed by atoms with E-state index in [4.69, 9.17) is 0 Å². The van der Waals surface area contributed by atoms with Gasteiger partial charge in [0, 0.05) is 30.8 Å². The van der Waals surface area contributed by atoms with Gasteiger partial charge in [-0.25, -0.2) is 4.98 Å². The molecule has 2 amide bonds. The number of carbonyl (C=O) groups excluding carboxylic acids is 2. The van der Waals surface area contributed by atoms with E-state index in [1.165, 1.54) is 18.3 Å². The van der Waals surface area contributed by atoms with Crippen LogP contribution in [0.4, 0.5) is 10.2 Å². The van der Waals surface area contributed by atoms with E-state index < -0.39 is 17.9 Å². The first-order chi connectivity index (χ1) is 17.8. The molecule has 0 aromatic carbocycles. The van der Waals surface area contributed by atoms with Crippen LogP contribution in [0.3, 0.4) is 0 Å². The molecule has 3 aromatic heterocycles. The molecule has 3 heterocycles. The molecule has 0 saturated heterocycles. The highest BCUT2D eigenvalue weighted by Gasteiger charge is 2.48. The Morgan fingerprint density at radius 2 is 1.86 bits per heavy atom. The van der Waals surface area contributed by atoms with Crippen molar-refractivity contribution in [3.8, 4) is 11.1 Å². The minimum Gasteiger partial charge on any atom is -0.618 e. The van der Waals surface area contributed by atoms with E-state index in [9.17, 15) is 14.8 Å². The van der Waals surface area contributed by atoms with Crippen LogP contribution >= 0.6 is 0 Å². The maximum atomic E-state index is 15.1. The highest BCUT2D eigenvalue weighted by molar-refractivity contribution is 6.00. The van der Waals surface area contributed by atoms with Gasteiger partial charge in [-0.2, -0.15) is 14.2 Å². The number of anilines is 1. The van der Waals surface area contributed by atoms with E-state index in [-0.39, 0.29) is 23.2 Å². The molecule has 9 nitrogen and oxygen atoms in total. The third-order valence-electron chi connectivity index (χ3n) is 7.34. The van der Waals surface area contributed by atoms with Gasteiger partial charge >= 0.3 is 0 Å². The number of hydrogen-bond acceptors (Lipinski definition) is 5. The first-order valence-corrected chi connectivity index (χ1v) is 12.8. The van der Waals surface area contributed by atoms with Crippen molar-refractivity contribution >= 4 is 17.6 Å². The van der Waals surface area contributed by atoms with Crippen molar-refractivity contribution in [3.05, 3.63) is 64.8 Å². The highest BCUT2D eigenvalue weighted by Crippen LogP contribution is 2.51. The third kappa shape index (κ3) is 5.19. The van der Waals surface area contributed by atoms with Gasteiger partial charge in [-0.05, 0) is 81.5 Å². The zero-order valence-corrected chi connectivity index (χ0v) is 21.2. The largest absolute Gasteiger partial charge is 0.618 e. The zero-order chi connectivity index (χ0) is 26.3. The van der Waals surface area contributed by atoms with Crippen LogP contribution in [-0.2, 0) is 11.3 Å². The van der Waals surface area contributed by atoms with E-state index in [0.29, 0.717) is 45.6 Å². The first kappa shape index (κ1) is 24.9. The molecule has 0 spiro atoms. The maximum Gasteiger partial charge on any atom is 0.270 e. The van der Waals surface area contributed by atoms with Gasteiger partial charge in [-0.1, -0.05) is 0 Å². The lowest BCUT2D eigenvalue weighted by atomic mass is 9.88. The Bertz CT molecular complexity index is 1340. The monoisotopic (exact) mass is 506 g/mol. The number of carbonyl (C=O) groups is 2. The smallest absolute Gasteiger partial charge is 0.270 e. The summed E-state index contributed by atoms with van der Waals surface area (Å²) in [6.45, 7) is 5.80. The topological polar surface area (TPSA) is 116 Å². The van der Waals surface area contributed by atoms with Crippen molar-refractivity contribution in [1.82, 2.24) is 20.1 Å². The average molecular weight is 507 g/mol. The molecule has 2 saturated carbocycles. The van der Waals surface area contributed by atoms with Crippen LogP contribution in [0.15, 0.2) is 36.7 Å². The van der Waals surface area contributed by atoms with Crippen LogP contribution in [0.1, 0.15) is 54.4 Å². The van der Waals surface area contributed by atoms with Crippen LogP contribution in [-0.4, -0.2) is 32.6 Å². The van der Waals surface area contributed by atoms with Crippen LogP contribution in [0.2, 0.25) is 0 Å². The second kappa shape index (κ2) is 9.91. The lowest BCUT2D eigenvalue weighted by molar-refractivity contribution is -0.612. The number of halogens is 1. The number of nitrogens with zero attached hydrogens (tertiary/aromatic N) is 4. The summed E-state index contributed by atoms with van der Waals surface area (Å²) >= 11 is 0. The molecule has 0 aliphatic heterocycles. The molecule has 0 unspecified atom stereocenters. The van der Waals surface area contributed by atoms with Crippen LogP contribution in [0.25, 0.3) is 11.1 Å². The van der Waals surface area contributed by atoms with Gasteiger partial charge in [-0.3, -0.25) is 14.3 Å². The van der Waals surface area contributed by atoms with Crippen LogP contribution in [0.5, 0.6) is 0 Å². The SMILES string of the molecule is CCn1nccc1C(=O)N[C@H](C(=O)Nc1ccc(-c2cc(C)c[n+]([O-])c2C)c(F)n1)C(C1CC1)C1CC1. The normalized spacial score (nSPS) is 16.0. The fourth-order valence-corrected chi connectivity index (χ4v) is 5.17. The van der Waals surface area contributed by atoms with Crippen molar-refractivity contribution < 1.29 is 18.7 Å². The summed E-state index contributed by atoms with van der Waals surface area (Å²) in [5, 5.41) is 22.0. The number of pyridine rings is 2. The second-order valence-corrected chi connectivity index (χ2v) is 10.1. The Hall–Kier alpha value is -3.82. The van der Waals surface area contributed by atoms with Gasteiger partial charge < -0.3 is 15.8 Å². The lowest BCUT2D eigenvalue weighted by Gasteiger charge is -2.27. The maximum absolute atomic E-state index is 15.1. The highest BCUT2D eigenvalue weighted by atomic mass is 19.1. The second-order valence-electron chi connectivity index (χ2n) is 10.1. The molecule has 0 bridgehead atoms.